The molecule has 0 saturated heterocycles. The fourth-order valence-corrected chi connectivity index (χ4v) is 11.4. The van der Waals surface area contributed by atoms with Crippen molar-refractivity contribution in [2.45, 2.75) is 32.7 Å². The molecule has 340 valence electrons. The van der Waals surface area contributed by atoms with Gasteiger partial charge in [-0.25, -0.2) is 16.8 Å². The average Bonchev–Trinajstić information content (AvgIpc) is 4.14. The lowest BCUT2D eigenvalue weighted by Crippen LogP contribution is -2.22. The molecule has 69 heavy (non-hydrogen) atoms. The number of hydrogen-bond donors (Lipinski definition) is 2. The number of benzene rings is 6. The minimum absolute atomic E-state index is 0.117. The number of pyridine rings is 2. The molecule has 0 radical (unpaired) electrons. The Bertz CT molecular complexity index is 3840. The maximum atomic E-state index is 13.4. The van der Waals surface area contributed by atoms with E-state index in [-0.39, 0.29) is 43.7 Å². The zero-order chi connectivity index (χ0) is 47.5. The Morgan fingerprint density at radius 2 is 1.09 bits per heavy atom. The van der Waals surface area contributed by atoms with Crippen LogP contribution in [0.1, 0.15) is 31.4 Å². The first-order valence-corrected chi connectivity index (χ1v) is 25.3. The van der Waals surface area contributed by atoms with Crippen molar-refractivity contribution in [3.8, 4) is 11.1 Å². The number of nitrogens with zero attached hydrogens (tertiary/aromatic N) is 2. The van der Waals surface area contributed by atoms with E-state index < -0.39 is 19.7 Å². The largest absolute Gasteiger partial charge is 0.455 e. The highest BCUT2D eigenvalue weighted by molar-refractivity contribution is 7.92. The zero-order valence-corrected chi connectivity index (χ0v) is 38.7. The molecular weight excluding hydrogens is 929 g/mol. The van der Waals surface area contributed by atoms with Crippen molar-refractivity contribution in [1.82, 2.24) is 20.6 Å². The number of sulfone groups is 2. The summed E-state index contributed by atoms with van der Waals surface area (Å²) < 4.78 is 65.3. The molecule has 6 aromatic carbocycles. The summed E-state index contributed by atoms with van der Waals surface area (Å²) in [5.41, 5.74) is 5.06. The first-order valence-electron chi connectivity index (χ1n) is 21.5. The van der Waals surface area contributed by atoms with Crippen LogP contribution >= 0.6 is 11.3 Å². The monoisotopic (exact) mass is 966 g/mol. The molecule has 0 aliphatic carbocycles. The summed E-state index contributed by atoms with van der Waals surface area (Å²) in [5, 5.41) is 9.07. The molecule has 2 amide bonds. The number of aromatic nitrogens is 2. The number of para-hydroxylation sites is 2. The van der Waals surface area contributed by atoms with E-state index in [1.807, 2.05) is 84.9 Å². The molecule has 12 nitrogen and oxygen atoms in total. The molecule has 0 spiro atoms. The van der Waals surface area contributed by atoms with Gasteiger partial charge in [-0.15, -0.1) is 11.3 Å². The second kappa shape index (κ2) is 18.8. The van der Waals surface area contributed by atoms with Crippen LogP contribution in [-0.4, -0.2) is 38.6 Å². The molecule has 0 unspecified atom stereocenters. The lowest BCUT2D eigenvalue weighted by molar-refractivity contribution is 0.0923. The highest BCUT2D eigenvalue weighted by atomic mass is 32.2. The van der Waals surface area contributed by atoms with Crippen molar-refractivity contribution in [2.75, 3.05) is 0 Å². The van der Waals surface area contributed by atoms with E-state index in [1.54, 1.807) is 97.6 Å². The number of nitrogens with one attached hydrogen (secondary N) is 2. The number of fused-ring (bicyclic) bond motifs is 5. The van der Waals surface area contributed by atoms with Crippen LogP contribution in [0.2, 0.25) is 0 Å². The number of carbonyl (C=O) groups excluding carboxylic acids is 2. The molecule has 5 heterocycles. The average molecular weight is 967 g/mol. The van der Waals surface area contributed by atoms with Crippen LogP contribution in [-0.2, 0) is 32.8 Å². The van der Waals surface area contributed by atoms with E-state index in [0.29, 0.717) is 28.2 Å². The molecular formula is C54H38N4O8S3. The second-order valence-corrected chi connectivity index (χ2v) is 20.8. The van der Waals surface area contributed by atoms with E-state index in [0.717, 1.165) is 48.5 Å². The number of amides is 2. The molecule has 11 aromatic rings. The number of rotatable bonds is 11. The molecule has 2 N–H and O–H groups in total. The fourth-order valence-electron chi connectivity index (χ4n) is 7.76. The third-order valence-electron chi connectivity index (χ3n) is 11.4. The first kappa shape index (κ1) is 44.6. The van der Waals surface area contributed by atoms with Crippen molar-refractivity contribution in [3.63, 3.8) is 0 Å². The maximum Gasteiger partial charge on any atom is 0.287 e. The van der Waals surface area contributed by atoms with Gasteiger partial charge in [0.25, 0.3) is 11.8 Å². The van der Waals surface area contributed by atoms with Crippen LogP contribution in [0.4, 0.5) is 0 Å². The van der Waals surface area contributed by atoms with Crippen LogP contribution in [0.25, 0.3) is 54.1 Å². The van der Waals surface area contributed by atoms with Gasteiger partial charge in [-0.2, -0.15) is 0 Å². The smallest absolute Gasteiger partial charge is 0.287 e. The minimum Gasteiger partial charge on any atom is -0.455 e. The van der Waals surface area contributed by atoms with Gasteiger partial charge in [0.1, 0.15) is 10.5 Å². The summed E-state index contributed by atoms with van der Waals surface area (Å²) in [7, 11) is -7.46. The predicted octanol–water partition coefficient (Wildman–Crippen LogP) is 11.2. The molecule has 0 saturated carbocycles. The van der Waals surface area contributed by atoms with E-state index in [1.165, 1.54) is 23.5 Å². The first-order chi connectivity index (χ1) is 33.5. The molecule has 0 aliphatic heterocycles. The van der Waals surface area contributed by atoms with Crippen molar-refractivity contribution >= 4 is 85.8 Å². The standard InChI is InChI=1S/C27H18N2O5S.C27H20N2O3S2/c30-27(23-14-18-12-13-28-16-24(18)33-23)29-15-17-8-10-19(11-9-17)35(31,32)25-7-3-5-21-20-4-1-2-6-22(20)34-26(21)25;30-27(25-16-22-14-15-28-18-26(22)33-25)29-17-19-6-10-23(11-7-19)34(31,32)24-12-8-21(9-13-24)20-4-2-1-3-5-20/h1-14,16H,15H2,(H,29,30);1-16,18H,17H2,(H,29,30). The van der Waals surface area contributed by atoms with Crippen molar-refractivity contribution in [2.24, 2.45) is 0 Å². The van der Waals surface area contributed by atoms with Crippen molar-refractivity contribution < 1.29 is 35.3 Å². The van der Waals surface area contributed by atoms with Gasteiger partial charge in [-0.3, -0.25) is 19.6 Å². The quantitative estimate of drug-likeness (QED) is 0.127. The second-order valence-electron chi connectivity index (χ2n) is 15.8. The minimum atomic E-state index is -3.82. The predicted molar refractivity (Wildman–Crippen MR) is 265 cm³/mol. The van der Waals surface area contributed by atoms with E-state index >= 15 is 0 Å². The summed E-state index contributed by atoms with van der Waals surface area (Å²) in [6.45, 7) is 0.519. The summed E-state index contributed by atoms with van der Waals surface area (Å²) in [6.07, 6.45) is 6.62. The summed E-state index contributed by atoms with van der Waals surface area (Å²) in [6, 6.07) is 49.4. The highest BCUT2D eigenvalue weighted by Crippen LogP contribution is 2.35. The summed E-state index contributed by atoms with van der Waals surface area (Å²) >= 11 is 1.39. The summed E-state index contributed by atoms with van der Waals surface area (Å²) in [4.78, 5) is 34.4. The molecule has 15 heteroatoms. The van der Waals surface area contributed by atoms with Crippen LogP contribution in [0.15, 0.2) is 223 Å². The highest BCUT2D eigenvalue weighted by Gasteiger charge is 2.24. The van der Waals surface area contributed by atoms with Crippen molar-refractivity contribution in [3.05, 3.63) is 216 Å². The fraction of sp³-hybridized carbons (Fsp3) is 0.0370. The Kier molecular flexibility index (Phi) is 12.1. The number of carbonyl (C=O) groups is 2. The third kappa shape index (κ3) is 9.26. The Morgan fingerprint density at radius 1 is 0.507 bits per heavy atom. The number of thiophene rings is 1. The Balaban J connectivity index is 0.000000160. The van der Waals surface area contributed by atoms with Gasteiger partial charge < -0.3 is 19.5 Å². The van der Waals surface area contributed by atoms with Gasteiger partial charge in [0, 0.05) is 47.8 Å². The van der Waals surface area contributed by atoms with E-state index in [4.69, 9.17) is 8.83 Å². The van der Waals surface area contributed by atoms with Gasteiger partial charge in [0.2, 0.25) is 19.7 Å². The van der Waals surface area contributed by atoms with Gasteiger partial charge >= 0.3 is 0 Å². The number of hydrogen-bond acceptors (Lipinski definition) is 11. The van der Waals surface area contributed by atoms with Gasteiger partial charge in [-0.1, -0.05) is 97.1 Å². The van der Waals surface area contributed by atoms with Gasteiger partial charge in [-0.05, 0) is 100 Å². The van der Waals surface area contributed by atoms with Gasteiger partial charge in [0.15, 0.2) is 16.9 Å². The van der Waals surface area contributed by atoms with Crippen LogP contribution in [0.3, 0.4) is 0 Å². The Hall–Kier alpha value is -8.24. The normalized spacial score (nSPS) is 11.7. The molecule has 0 bridgehead atoms. The third-order valence-corrected chi connectivity index (χ3v) is 16.1. The molecule has 11 rings (SSSR count). The SMILES string of the molecule is O=C(NCc1ccc(S(=O)(=O)c2ccc(-c3ccccc3)cc2)cc1)c1cc2ccncc2s1.O=C(NCc1ccc(S(=O)(=O)c2cccc3c2oc2ccccc23)cc1)c1cc2ccncc2o1. The molecule has 0 aliphatic rings. The number of furan rings is 2. The van der Waals surface area contributed by atoms with Crippen molar-refractivity contribution in [1.29, 1.82) is 0 Å². The van der Waals surface area contributed by atoms with E-state index in [2.05, 4.69) is 20.6 Å². The van der Waals surface area contributed by atoms with Crippen LogP contribution < -0.4 is 10.6 Å². The lowest BCUT2D eigenvalue weighted by atomic mass is 10.1. The van der Waals surface area contributed by atoms with Crippen LogP contribution in [0.5, 0.6) is 0 Å². The van der Waals surface area contributed by atoms with Gasteiger partial charge in [0.05, 0.1) is 30.5 Å². The molecule has 5 aromatic heterocycles. The topological polar surface area (TPSA) is 179 Å². The lowest BCUT2D eigenvalue weighted by Gasteiger charge is -2.08. The zero-order valence-electron chi connectivity index (χ0n) is 36.3. The molecule has 0 atom stereocenters. The Labute approximate surface area is 399 Å². The maximum absolute atomic E-state index is 13.4. The van der Waals surface area contributed by atoms with E-state index in [9.17, 15) is 26.4 Å². The molecule has 0 fully saturated rings. The van der Waals surface area contributed by atoms with Crippen LogP contribution in [0, 0.1) is 0 Å². The summed E-state index contributed by atoms with van der Waals surface area (Å²) in [5.74, 6) is -0.350. The Morgan fingerprint density at radius 3 is 1.77 bits per heavy atom.